The standard InChI is InChI=1S/C7H6Cl2N2/c8-7(9)2-6(7)1-5(3-10)4-11/h5-6H,1-2H2. The molecule has 11 heavy (non-hydrogen) atoms. The minimum absolute atomic E-state index is 0.134. The van der Waals surface area contributed by atoms with Crippen molar-refractivity contribution in [1.29, 1.82) is 10.5 Å². The Kier molecular flexibility index (Phi) is 2.28. The highest BCUT2D eigenvalue weighted by Crippen LogP contribution is 2.55. The van der Waals surface area contributed by atoms with E-state index in [0.29, 0.717) is 12.8 Å². The first-order valence-corrected chi connectivity index (χ1v) is 4.03. The molecular formula is C7H6Cl2N2. The molecule has 0 aromatic rings. The molecule has 1 aliphatic rings. The van der Waals surface area contributed by atoms with Crippen LogP contribution < -0.4 is 0 Å². The van der Waals surface area contributed by atoms with E-state index in [1.54, 1.807) is 0 Å². The Hall–Kier alpha value is -0.440. The highest BCUT2D eigenvalue weighted by atomic mass is 35.5. The fourth-order valence-corrected chi connectivity index (χ4v) is 1.49. The summed E-state index contributed by atoms with van der Waals surface area (Å²) in [6, 6.07) is 3.76. The molecule has 0 N–H and O–H groups in total. The Morgan fingerprint density at radius 2 is 1.91 bits per heavy atom. The monoisotopic (exact) mass is 188 g/mol. The summed E-state index contributed by atoms with van der Waals surface area (Å²) in [5.41, 5.74) is 0. The fraction of sp³-hybridized carbons (Fsp3) is 0.714. The summed E-state index contributed by atoms with van der Waals surface area (Å²) in [4.78, 5) is 0. The molecule has 1 aliphatic carbocycles. The summed E-state index contributed by atoms with van der Waals surface area (Å²) in [7, 11) is 0. The molecule has 0 amide bonds. The van der Waals surface area contributed by atoms with E-state index in [0.717, 1.165) is 0 Å². The molecule has 0 bridgehead atoms. The fourth-order valence-electron chi connectivity index (χ4n) is 0.944. The first kappa shape index (κ1) is 8.65. The maximum atomic E-state index is 8.41. The maximum Gasteiger partial charge on any atom is 0.133 e. The quantitative estimate of drug-likeness (QED) is 0.625. The van der Waals surface area contributed by atoms with Crippen LogP contribution in [0.1, 0.15) is 12.8 Å². The van der Waals surface area contributed by atoms with Crippen LogP contribution in [-0.4, -0.2) is 4.33 Å². The predicted molar refractivity (Wildman–Crippen MR) is 41.9 cm³/mol. The zero-order valence-corrected chi connectivity index (χ0v) is 7.23. The molecule has 0 aromatic carbocycles. The first-order valence-electron chi connectivity index (χ1n) is 3.27. The lowest BCUT2D eigenvalue weighted by Crippen LogP contribution is -1.98. The summed E-state index contributed by atoms with van der Waals surface area (Å²) >= 11 is 11.4. The number of halogens is 2. The number of nitrogens with zero attached hydrogens (tertiary/aromatic N) is 2. The lowest BCUT2D eigenvalue weighted by Gasteiger charge is -1.98. The minimum atomic E-state index is -0.661. The largest absolute Gasteiger partial charge is 0.197 e. The van der Waals surface area contributed by atoms with Gasteiger partial charge in [0.05, 0.1) is 12.1 Å². The van der Waals surface area contributed by atoms with Crippen molar-refractivity contribution in [3.8, 4) is 12.1 Å². The van der Waals surface area contributed by atoms with E-state index in [1.807, 2.05) is 12.1 Å². The van der Waals surface area contributed by atoms with Crippen molar-refractivity contribution >= 4 is 23.2 Å². The summed E-state index contributed by atoms with van der Waals surface area (Å²) in [5.74, 6) is -0.422. The van der Waals surface area contributed by atoms with E-state index in [2.05, 4.69) is 0 Å². The third kappa shape index (κ3) is 1.99. The molecule has 0 radical (unpaired) electrons. The minimum Gasteiger partial charge on any atom is -0.197 e. The van der Waals surface area contributed by atoms with Crippen LogP contribution in [0.5, 0.6) is 0 Å². The van der Waals surface area contributed by atoms with E-state index < -0.39 is 10.3 Å². The maximum absolute atomic E-state index is 8.41. The van der Waals surface area contributed by atoms with Gasteiger partial charge in [-0.15, -0.1) is 23.2 Å². The number of rotatable bonds is 2. The summed E-state index contributed by atoms with van der Waals surface area (Å²) in [6.07, 6.45) is 1.20. The van der Waals surface area contributed by atoms with Gasteiger partial charge in [-0.2, -0.15) is 10.5 Å². The zero-order valence-electron chi connectivity index (χ0n) is 5.72. The molecule has 0 aliphatic heterocycles. The van der Waals surface area contributed by atoms with Gasteiger partial charge < -0.3 is 0 Å². The number of alkyl halides is 2. The van der Waals surface area contributed by atoms with Crippen molar-refractivity contribution in [2.75, 3.05) is 0 Å². The van der Waals surface area contributed by atoms with Crippen molar-refractivity contribution in [2.24, 2.45) is 11.8 Å². The molecule has 58 valence electrons. The van der Waals surface area contributed by atoms with Crippen LogP contribution in [0.25, 0.3) is 0 Å². The Labute approximate surface area is 75.3 Å². The molecule has 2 nitrogen and oxygen atoms in total. The predicted octanol–water partition coefficient (Wildman–Crippen LogP) is 2.23. The molecule has 0 aromatic heterocycles. The molecular weight excluding hydrogens is 183 g/mol. The van der Waals surface area contributed by atoms with E-state index >= 15 is 0 Å². The molecule has 0 heterocycles. The second-order valence-electron chi connectivity index (χ2n) is 2.71. The van der Waals surface area contributed by atoms with Crippen LogP contribution in [0.15, 0.2) is 0 Å². The SMILES string of the molecule is N#CC(C#N)CC1CC1(Cl)Cl. The van der Waals surface area contributed by atoms with Crippen LogP contribution in [0.4, 0.5) is 0 Å². The molecule has 4 heteroatoms. The Bertz CT molecular complexity index is 222. The van der Waals surface area contributed by atoms with Crippen molar-refractivity contribution in [3.63, 3.8) is 0 Å². The van der Waals surface area contributed by atoms with Crippen LogP contribution >= 0.6 is 23.2 Å². The molecule has 1 rings (SSSR count). The van der Waals surface area contributed by atoms with Crippen LogP contribution in [0, 0.1) is 34.5 Å². The van der Waals surface area contributed by atoms with Crippen LogP contribution in [0.3, 0.4) is 0 Å². The van der Waals surface area contributed by atoms with Gasteiger partial charge in [0, 0.05) is 0 Å². The van der Waals surface area contributed by atoms with E-state index in [-0.39, 0.29) is 5.92 Å². The van der Waals surface area contributed by atoms with Gasteiger partial charge in [0.1, 0.15) is 10.3 Å². The normalized spacial score (nSPS) is 25.7. The van der Waals surface area contributed by atoms with Crippen molar-refractivity contribution in [3.05, 3.63) is 0 Å². The number of hydrogen-bond acceptors (Lipinski definition) is 2. The molecule has 0 spiro atoms. The lowest BCUT2D eigenvalue weighted by atomic mass is 10.1. The molecule has 1 atom stereocenters. The summed E-state index contributed by atoms with van der Waals surface area (Å²) < 4.78 is -0.661. The van der Waals surface area contributed by atoms with Crippen molar-refractivity contribution < 1.29 is 0 Å². The number of nitriles is 2. The zero-order chi connectivity index (χ0) is 8.48. The Balaban J connectivity index is 2.36. The van der Waals surface area contributed by atoms with Gasteiger partial charge in [-0.25, -0.2) is 0 Å². The van der Waals surface area contributed by atoms with E-state index in [4.69, 9.17) is 33.7 Å². The van der Waals surface area contributed by atoms with Gasteiger partial charge in [-0.1, -0.05) is 0 Å². The van der Waals surface area contributed by atoms with Crippen molar-refractivity contribution in [2.45, 2.75) is 17.2 Å². The third-order valence-corrected chi connectivity index (χ3v) is 2.71. The molecule has 1 unspecified atom stereocenters. The summed E-state index contributed by atoms with van der Waals surface area (Å²) in [6.45, 7) is 0. The smallest absolute Gasteiger partial charge is 0.133 e. The molecule has 1 saturated carbocycles. The summed E-state index contributed by atoms with van der Waals surface area (Å²) in [5, 5.41) is 16.8. The van der Waals surface area contributed by atoms with Crippen LogP contribution in [0.2, 0.25) is 0 Å². The molecule has 1 fully saturated rings. The van der Waals surface area contributed by atoms with Crippen LogP contribution in [-0.2, 0) is 0 Å². The van der Waals surface area contributed by atoms with Gasteiger partial charge in [0.2, 0.25) is 0 Å². The first-order chi connectivity index (χ1) is 5.10. The average molecular weight is 189 g/mol. The molecule has 0 saturated heterocycles. The van der Waals surface area contributed by atoms with Gasteiger partial charge in [-0.3, -0.25) is 0 Å². The lowest BCUT2D eigenvalue weighted by molar-refractivity contribution is 0.651. The Morgan fingerprint density at radius 1 is 1.45 bits per heavy atom. The highest BCUT2D eigenvalue weighted by Gasteiger charge is 2.52. The Morgan fingerprint density at radius 3 is 2.18 bits per heavy atom. The topological polar surface area (TPSA) is 47.6 Å². The number of hydrogen-bond donors (Lipinski definition) is 0. The van der Waals surface area contributed by atoms with Crippen molar-refractivity contribution in [1.82, 2.24) is 0 Å². The second-order valence-corrected chi connectivity index (χ2v) is 4.25. The second kappa shape index (κ2) is 2.89. The van der Waals surface area contributed by atoms with E-state index in [1.165, 1.54) is 0 Å². The average Bonchev–Trinajstić information content (AvgIpc) is 2.54. The van der Waals surface area contributed by atoms with Gasteiger partial charge in [-0.05, 0) is 18.8 Å². The van der Waals surface area contributed by atoms with Gasteiger partial charge in [0.15, 0.2) is 0 Å². The van der Waals surface area contributed by atoms with Gasteiger partial charge >= 0.3 is 0 Å². The highest BCUT2D eigenvalue weighted by molar-refractivity contribution is 6.50. The van der Waals surface area contributed by atoms with E-state index in [9.17, 15) is 0 Å². The van der Waals surface area contributed by atoms with Gasteiger partial charge in [0.25, 0.3) is 0 Å². The third-order valence-electron chi connectivity index (χ3n) is 1.79.